The molecule has 4 atom stereocenters. The molecule has 0 aromatic heterocycles. The van der Waals surface area contributed by atoms with Crippen molar-refractivity contribution < 1.29 is 33.6 Å². The number of nitrogens with zero attached hydrogens (tertiary/aromatic N) is 1. The maximum absolute atomic E-state index is 9.86. The number of quaternary nitrogens is 1. The summed E-state index contributed by atoms with van der Waals surface area (Å²) in [5.41, 5.74) is 3.02. The smallest absolute Gasteiger partial charge is 0.115 e. The van der Waals surface area contributed by atoms with Crippen molar-refractivity contribution in [3.05, 3.63) is 42.0 Å². The van der Waals surface area contributed by atoms with E-state index in [2.05, 4.69) is 39.6 Å². The molecule has 0 amide bonds. The lowest BCUT2D eigenvalue weighted by Gasteiger charge is -2.57. The lowest BCUT2D eigenvalue weighted by atomic mass is 9.58. The van der Waals surface area contributed by atoms with Gasteiger partial charge in [-0.05, 0) is 29.3 Å². The van der Waals surface area contributed by atoms with Gasteiger partial charge >= 0.3 is 0 Å². The van der Waals surface area contributed by atoms with Crippen molar-refractivity contribution in [2.45, 2.75) is 38.1 Å². The first-order chi connectivity index (χ1) is 9.40. The summed E-state index contributed by atoms with van der Waals surface area (Å²) >= 11 is 0. The first-order valence-electron chi connectivity index (χ1n) is 7.68. The van der Waals surface area contributed by atoms with Crippen molar-refractivity contribution in [2.75, 3.05) is 20.1 Å². The van der Waals surface area contributed by atoms with Crippen molar-refractivity contribution in [3.8, 4) is 5.75 Å². The average Bonchev–Trinajstić information content (AvgIpc) is 2.40. The summed E-state index contributed by atoms with van der Waals surface area (Å²) in [5, 5.41) is 9.86. The number of benzene rings is 1. The third-order valence-corrected chi connectivity index (χ3v) is 6.21. The summed E-state index contributed by atoms with van der Waals surface area (Å²) in [6.45, 7) is 11.0. The molecule has 2 bridgehead atoms. The van der Waals surface area contributed by atoms with Gasteiger partial charge in [-0.25, -0.2) is 0 Å². The Morgan fingerprint density at radius 1 is 1.48 bits per heavy atom. The van der Waals surface area contributed by atoms with Gasteiger partial charge in [-0.2, -0.15) is 0 Å². The summed E-state index contributed by atoms with van der Waals surface area (Å²) < 4.78 is 1.11. The highest BCUT2D eigenvalue weighted by atomic mass is 127. The van der Waals surface area contributed by atoms with Crippen LogP contribution in [-0.4, -0.2) is 35.8 Å². The van der Waals surface area contributed by atoms with Crippen molar-refractivity contribution >= 4 is 0 Å². The number of rotatable bonds is 2. The standard InChI is InChI=1S/C18H25NO.HI/c1-5-9-19(4)10-8-18(3)13(2)17(19)11-14-6-7-15(20)12-16(14)18;/h5-7,12-13,17H,1,8-11H2,2-4H3;1H/t13-,17+,18+,19?;/m0./s1. The Bertz CT molecular complexity index is 558. The molecule has 0 saturated carbocycles. The van der Waals surface area contributed by atoms with E-state index in [0.717, 1.165) is 17.4 Å². The van der Waals surface area contributed by atoms with E-state index in [1.807, 2.05) is 12.1 Å². The molecular weight excluding hydrogens is 373 g/mol. The summed E-state index contributed by atoms with van der Waals surface area (Å²) in [6, 6.07) is 6.63. The molecule has 1 saturated heterocycles. The normalized spacial score (nSPS) is 37.3. The maximum Gasteiger partial charge on any atom is 0.115 e. The number of phenolic OH excluding ortho intramolecular Hbond substituents is 1. The van der Waals surface area contributed by atoms with Gasteiger partial charge < -0.3 is 33.6 Å². The molecule has 1 heterocycles. The van der Waals surface area contributed by atoms with Crippen LogP contribution in [0.4, 0.5) is 0 Å². The van der Waals surface area contributed by atoms with Crippen LogP contribution in [0.3, 0.4) is 0 Å². The molecule has 0 spiro atoms. The number of fused-ring (bicyclic) bond motifs is 4. The zero-order valence-corrected chi connectivity index (χ0v) is 15.4. The minimum atomic E-state index is 0. The van der Waals surface area contributed by atoms with Crippen molar-refractivity contribution in [1.82, 2.24) is 0 Å². The first kappa shape index (κ1) is 16.8. The Balaban J connectivity index is 0.00000161. The van der Waals surface area contributed by atoms with Gasteiger partial charge in [0.25, 0.3) is 0 Å². The molecule has 0 radical (unpaired) electrons. The quantitative estimate of drug-likeness (QED) is 0.430. The predicted molar refractivity (Wildman–Crippen MR) is 82.8 cm³/mol. The van der Waals surface area contributed by atoms with Crippen molar-refractivity contribution in [2.24, 2.45) is 5.92 Å². The molecule has 1 aromatic carbocycles. The largest absolute Gasteiger partial charge is 1.00 e. The molecule has 1 unspecified atom stereocenters. The second-order valence-corrected chi connectivity index (χ2v) is 7.24. The molecule has 2 aliphatic rings. The van der Waals surface area contributed by atoms with Crippen LogP contribution in [-0.2, 0) is 11.8 Å². The van der Waals surface area contributed by atoms with Crippen LogP contribution in [0.5, 0.6) is 5.75 Å². The van der Waals surface area contributed by atoms with Crippen LogP contribution in [0, 0.1) is 5.92 Å². The average molecular weight is 399 g/mol. The number of piperidine rings is 1. The van der Waals surface area contributed by atoms with E-state index in [1.54, 1.807) is 0 Å². The molecular formula is C18H26INO. The number of hydrogen-bond acceptors (Lipinski definition) is 1. The Kier molecular flexibility index (Phi) is 4.47. The molecule has 3 heteroatoms. The molecule has 1 aromatic rings. The van der Waals surface area contributed by atoms with E-state index in [9.17, 15) is 5.11 Å². The first-order valence-corrected chi connectivity index (χ1v) is 7.68. The predicted octanol–water partition coefficient (Wildman–Crippen LogP) is 0.251. The molecule has 2 nitrogen and oxygen atoms in total. The minimum absolute atomic E-state index is 0. The molecule has 3 rings (SSSR count). The maximum atomic E-state index is 9.86. The van der Waals surface area contributed by atoms with E-state index >= 15 is 0 Å². The fraction of sp³-hybridized carbons (Fsp3) is 0.556. The summed E-state index contributed by atoms with van der Waals surface area (Å²) in [5.74, 6) is 1.04. The fourth-order valence-corrected chi connectivity index (χ4v) is 4.64. The van der Waals surface area contributed by atoms with E-state index in [1.165, 1.54) is 24.1 Å². The second-order valence-electron chi connectivity index (χ2n) is 7.24. The summed E-state index contributed by atoms with van der Waals surface area (Å²) in [7, 11) is 2.38. The van der Waals surface area contributed by atoms with Gasteiger partial charge in [-0.3, -0.25) is 0 Å². The number of likely N-dealkylation sites (tertiary alicyclic amines) is 1. The van der Waals surface area contributed by atoms with E-state index in [0.29, 0.717) is 17.7 Å². The van der Waals surface area contributed by atoms with Gasteiger partial charge in [0.2, 0.25) is 0 Å². The van der Waals surface area contributed by atoms with Crippen LogP contribution in [0.15, 0.2) is 30.9 Å². The highest BCUT2D eigenvalue weighted by Crippen LogP contribution is 2.51. The number of phenols is 1. The highest BCUT2D eigenvalue weighted by molar-refractivity contribution is 5.43. The van der Waals surface area contributed by atoms with Crippen LogP contribution in [0.25, 0.3) is 0 Å². The van der Waals surface area contributed by atoms with Gasteiger partial charge in [-0.15, -0.1) is 0 Å². The zero-order chi connectivity index (χ0) is 14.5. The van der Waals surface area contributed by atoms with E-state index < -0.39 is 0 Å². The molecule has 1 N–H and O–H groups in total. The number of likely N-dealkylation sites (N-methyl/N-ethyl adjacent to an activating group) is 1. The lowest BCUT2D eigenvalue weighted by molar-refractivity contribution is -0.939. The van der Waals surface area contributed by atoms with Crippen LogP contribution in [0.1, 0.15) is 31.4 Å². The van der Waals surface area contributed by atoms with Crippen LogP contribution < -0.4 is 24.0 Å². The molecule has 1 aliphatic carbocycles. The Morgan fingerprint density at radius 2 is 2.19 bits per heavy atom. The van der Waals surface area contributed by atoms with E-state index in [-0.39, 0.29) is 29.4 Å². The highest BCUT2D eigenvalue weighted by Gasteiger charge is 2.54. The fourth-order valence-electron chi connectivity index (χ4n) is 4.64. The third-order valence-electron chi connectivity index (χ3n) is 6.21. The van der Waals surface area contributed by atoms with E-state index in [4.69, 9.17) is 0 Å². The Morgan fingerprint density at radius 3 is 2.86 bits per heavy atom. The summed E-state index contributed by atoms with van der Waals surface area (Å²) in [4.78, 5) is 0. The van der Waals surface area contributed by atoms with Gasteiger partial charge in [0, 0.05) is 24.2 Å². The van der Waals surface area contributed by atoms with Gasteiger partial charge in [-0.1, -0.05) is 26.5 Å². The van der Waals surface area contributed by atoms with Crippen molar-refractivity contribution in [3.63, 3.8) is 0 Å². The number of aromatic hydroxyl groups is 1. The zero-order valence-electron chi connectivity index (χ0n) is 13.3. The lowest BCUT2D eigenvalue weighted by Crippen LogP contribution is -3.00. The van der Waals surface area contributed by atoms with Crippen LogP contribution >= 0.6 is 0 Å². The van der Waals surface area contributed by atoms with Gasteiger partial charge in [0.15, 0.2) is 0 Å². The molecule has 116 valence electrons. The van der Waals surface area contributed by atoms with Crippen molar-refractivity contribution in [1.29, 1.82) is 0 Å². The number of hydrogen-bond donors (Lipinski definition) is 1. The monoisotopic (exact) mass is 399 g/mol. The van der Waals surface area contributed by atoms with Gasteiger partial charge in [0.05, 0.1) is 26.2 Å². The minimum Gasteiger partial charge on any atom is -1.00 e. The van der Waals surface area contributed by atoms with Gasteiger partial charge in [0.1, 0.15) is 5.75 Å². The Labute approximate surface area is 145 Å². The number of halogens is 1. The van der Waals surface area contributed by atoms with Crippen LogP contribution in [0.2, 0.25) is 0 Å². The second kappa shape index (κ2) is 5.58. The topological polar surface area (TPSA) is 20.2 Å². The molecule has 1 fully saturated rings. The molecule has 1 aliphatic heterocycles. The summed E-state index contributed by atoms with van der Waals surface area (Å²) in [6.07, 6.45) is 4.38. The molecule has 21 heavy (non-hydrogen) atoms. The Hall–Kier alpha value is -0.550. The third kappa shape index (κ3) is 2.42. The SMILES string of the molecule is C=CC[N+]1(C)CC[C@@]2(C)c3cc(O)ccc3C[C@@H]1[C@@H]2C.[I-].